The highest BCUT2D eigenvalue weighted by Gasteiger charge is 2.21. The molecule has 0 aliphatic heterocycles. The van der Waals surface area contributed by atoms with Gasteiger partial charge in [-0.2, -0.15) is 5.10 Å². The van der Waals surface area contributed by atoms with Gasteiger partial charge in [0.1, 0.15) is 0 Å². The highest BCUT2D eigenvalue weighted by molar-refractivity contribution is 5.03. The lowest BCUT2D eigenvalue weighted by Crippen LogP contribution is -2.43. The van der Waals surface area contributed by atoms with Crippen LogP contribution in [0.3, 0.4) is 0 Å². The Hall–Kier alpha value is -0.870. The van der Waals surface area contributed by atoms with Crippen molar-refractivity contribution in [3.8, 4) is 0 Å². The molecule has 3 atom stereocenters. The summed E-state index contributed by atoms with van der Waals surface area (Å²) in [6.45, 7) is 12.7. The molecule has 0 aliphatic rings. The van der Waals surface area contributed by atoms with Crippen molar-refractivity contribution in [3.63, 3.8) is 0 Å². The summed E-state index contributed by atoms with van der Waals surface area (Å²) < 4.78 is 7.98. The van der Waals surface area contributed by atoms with E-state index in [1.165, 1.54) is 0 Å². The van der Waals surface area contributed by atoms with Crippen molar-refractivity contribution in [2.24, 2.45) is 0 Å². The van der Waals surface area contributed by atoms with Crippen LogP contribution in [-0.4, -0.2) is 35.1 Å². The lowest BCUT2D eigenvalue weighted by atomic mass is 10.0. The Kier molecular flexibility index (Phi) is 8.62. The lowest BCUT2D eigenvalue weighted by molar-refractivity contribution is 0.0317. The first-order valence-electron chi connectivity index (χ1n) is 8.55. The van der Waals surface area contributed by atoms with Gasteiger partial charge >= 0.3 is 0 Å². The van der Waals surface area contributed by atoms with E-state index in [2.05, 4.69) is 56.9 Å². The first-order valence-corrected chi connectivity index (χ1v) is 8.55. The standard InChI is InChI=1S/C17H33N3O/c1-6-11-18-16(17(8-3)21-9-4)13-15-10-12-20(19-15)14(5)7-2/h10,12,14,16-18H,6-9,11,13H2,1-5H3. The van der Waals surface area contributed by atoms with E-state index in [4.69, 9.17) is 9.84 Å². The summed E-state index contributed by atoms with van der Waals surface area (Å²) >= 11 is 0. The zero-order valence-corrected chi connectivity index (χ0v) is 14.4. The van der Waals surface area contributed by atoms with E-state index in [9.17, 15) is 0 Å². The third kappa shape index (κ3) is 5.79. The Morgan fingerprint density at radius 2 is 2.00 bits per heavy atom. The average Bonchev–Trinajstić information content (AvgIpc) is 2.97. The summed E-state index contributed by atoms with van der Waals surface area (Å²) in [6.07, 6.45) is 6.57. The molecule has 3 unspecified atom stereocenters. The van der Waals surface area contributed by atoms with Gasteiger partial charge in [0.05, 0.1) is 11.8 Å². The van der Waals surface area contributed by atoms with Crippen molar-refractivity contribution in [2.75, 3.05) is 13.2 Å². The number of hydrogen-bond acceptors (Lipinski definition) is 3. The third-order valence-corrected chi connectivity index (χ3v) is 4.02. The molecule has 21 heavy (non-hydrogen) atoms. The van der Waals surface area contributed by atoms with E-state index >= 15 is 0 Å². The van der Waals surface area contributed by atoms with Crippen LogP contribution in [-0.2, 0) is 11.2 Å². The van der Waals surface area contributed by atoms with Gasteiger partial charge in [0.15, 0.2) is 0 Å². The smallest absolute Gasteiger partial charge is 0.0729 e. The first kappa shape index (κ1) is 18.2. The predicted molar refractivity (Wildman–Crippen MR) is 88.7 cm³/mol. The molecule has 1 rings (SSSR count). The van der Waals surface area contributed by atoms with Crippen LogP contribution >= 0.6 is 0 Å². The Balaban J connectivity index is 2.72. The van der Waals surface area contributed by atoms with Crippen LogP contribution in [0.25, 0.3) is 0 Å². The molecule has 0 radical (unpaired) electrons. The van der Waals surface area contributed by atoms with E-state index in [-0.39, 0.29) is 6.10 Å². The number of hydrogen-bond donors (Lipinski definition) is 1. The maximum Gasteiger partial charge on any atom is 0.0729 e. The maximum absolute atomic E-state index is 5.90. The minimum atomic E-state index is 0.260. The van der Waals surface area contributed by atoms with E-state index in [0.717, 1.165) is 44.5 Å². The molecule has 1 N–H and O–H groups in total. The van der Waals surface area contributed by atoms with E-state index in [1.54, 1.807) is 0 Å². The fraction of sp³-hybridized carbons (Fsp3) is 0.824. The molecular formula is C17H33N3O. The second-order valence-corrected chi connectivity index (χ2v) is 5.71. The number of ether oxygens (including phenoxy) is 1. The topological polar surface area (TPSA) is 39.1 Å². The molecule has 4 heteroatoms. The average molecular weight is 295 g/mol. The second kappa shape index (κ2) is 9.96. The normalized spacial score (nSPS) is 15.9. The zero-order valence-electron chi connectivity index (χ0n) is 14.4. The van der Waals surface area contributed by atoms with Crippen molar-refractivity contribution in [3.05, 3.63) is 18.0 Å². The van der Waals surface area contributed by atoms with Gasteiger partial charge < -0.3 is 10.1 Å². The molecule has 1 heterocycles. The summed E-state index contributed by atoms with van der Waals surface area (Å²) in [5, 5.41) is 8.36. The summed E-state index contributed by atoms with van der Waals surface area (Å²) in [7, 11) is 0. The molecule has 1 aromatic rings. The van der Waals surface area contributed by atoms with Gasteiger partial charge in [0.25, 0.3) is 0 Å². The predicted octanol–water partition coefficient (Wildman–Crippen LogP) is 3.58. The van der Waals surface area contributed by atoms with Crippen LogP contribution < -0.4 is 5.32 Å². The van der Waals surface area contributed by atoms with Crippen LogP contribution in [0.15, 0.2) is 12.3 Å². The van der Waals surface area contributed by atoms with Crippen molar-refractivity contribution in [2.45, 2.75) is 78.5 Å². The molecule has 0 saturated heterocycles. The molecule has 0 aliphatic carbocycles. The van der Waals surface area contributed by atoms with Crippen molar-refractivity contribution in [1.82, 2.24) is 15.1 Å². The monoisotopic (exact) mass is 295 g/mol. The van der Waals surface area contributed by atoms with E-state index in [1.807, 2.05) is 0 Å². The quantitative estimate of drug-likeness (QED) is 0.678. The van der Waals surface area contributed by atoms with Gasteiger partial charge in [-0.15, -0.1) is 0 Å². The molecule has 1 aromatic heterocycles. The maximum atomic E-state index is 5.90. The van der Waals surface area contributed by atoms with Crippen LogP contribution in [0.2, 0.25) is 0 Å². The molecule has 0 saturated carbocycles. The summed E-state index contributed by atoms with van der Waals surface area (Å²) in [5.41, 5.74) is 1.15. The lowest BCUT2D eigenvalue weighted by Gasteiger charge is -2.26. The fourth-order valence-corrected chi connectivity index (χ4v) is 2.54. The molecule has 122 valence electrons. The van der Waals surface area contributed by atoms with Crippen molar-refractivity contribution in [1.29, 1.82) is 0 Å². The van der Waals surface area contributed by atoms with Gasteiger partial charge in [-0.1, -0.05) is 20.8 Å². The molecule has 4 nitrogen and oxygen atoms in total. The SMILES string of the molecule is CCCNC(Cc1ccn(C(C)CC)n1)C(CC)OCC. The molecule has 0 aromatic carbocycles. The van der Waals surface area contributed by atoms with Gasteiger partial charge in [-0.3, -0.25) is 4.68 Å². The van der Waals surface area contributed by atoms with E-state index in [0.29, 0.717) is 12.1 Å². The summed E-state index contributed by atoms with van der Waals surface area (Å²) in [4.78, 5) is 0. The minimum Gasteiger partial charge on any atom is -0.377 e. The van der Waals surface area contributed by atoms with Crippen LogP contribution in [0.5, 0.6) is 0 Å². The van der Waals surface area contributed by atoms with Crippen molar-refractivity contribution >= 4 is 0 Å². The largest absolute Gasteiger partial charge is 0.377 e. The van der Waals surface area contributed by atoms with E-state index < -0.39 is 0 Å². The van der Waals surface area contributed by atoms with Gasteiger partial charge in [0, 0.05) is 31.3 Å². The molecule has 0 amide bonds. The molecule has 0 fully saturated rings. The van der Waals surface area contributed by atoms with Gasteiger partial charge in [-0.25, -0.2) is 0 Å². The van der Waals surface area contributed by atoms with Crippen LogP contribution in [0.1, 0.15) is 65.6 Å². The summed E-state index contributed by atoms with van der Waals surface area (Å²) in [5.74, 6) is 0. The Bertz CT molecular complexity index is 378. The second-order valence-electron chi connectivity index (χ2n) is 5.71. The number of aromatic nitrogens is 2. The Labute approximate surface area is 130 Å². The third-order valence-electron chi connectivity index (χ3n) is 4.02. The fourth-order valence-electron chi connectivity index (χ4n) is 2.54. The zero-order chi connectivity index (χ0) is 15.7. The summed E-state index contributed by atoms with van der Waals surface area (Å²) in [6, 6.07) is 2.95. The van der Waals surface area contributed by atoms with Crippen molar-refractivity contribution < 1.29 is 4.74 Å². The Morgan fingerprint density at radius 3 is 2.57 bits per heavy atom. The van der Waals surface area contributed by atoms with Crippen LogP contribution in [0.4, 0.5) is 0 Å². The number of nitrogens with one attached hydrogen (secondary N) is 1. The molecule has 0 spiro atoms. The van der Waals surface area contributed by atoms with Crippen LogP contribution in [0, 0.1) is 0 Å². The molecule has 0 bridgehead atoms. The molecular weight excluding hydrogens is 262 g/mol. The van der Waals surface area contributed by atoms with Gasteiger partial charge in [-0.05, 0) is 45.7 Å². The highest BCUT2D eigenvalue weighted by atomic mass is 16.5. The highest BCUT2D eigenvalue weighted by Crippen LogP contribution is 2.13. The number of nitrogens with zero attached hydrogens (tertiary/aromatic N) is 2. The number of rotatable bonds is 11. The minimum absolute atomic E-state index is 0.260. The first-order chi connectivity index (χ1) is 10.2. The Morgan fingerprint density at radius 1 is 1.24 bits per heavy atom. The van der Waals surface area contributed by atoms with Gasteiger partial charge in [0.2, 0.25) is 0 Å².